The van der Waals surface area contributed by atoms with Gasteiger partial charge in [-0.25, -0.2) is 0 Å². The largest absolute Gasteiger partial charge is 0.148 e. The molecule has 1 aromatic rings. The second-order valence-corrected chi connectivity index (χ2v) is 4.64. The Bertz CT molecular complexity index is 283. The lowest BCUT2D eigenvalue weighted by atomic mass is 9.98. The molecule has 0 saturated heterocycles. The smallest absolute Gasteiger partial charge is 0.0108 e. The summed E-state index contributed by atoms with van der Waals surface area (Å²) in [7, 11) is 0. The Kier molecular flexibility index (Phi) is 4.95. The molecule has 0 nitrogen and oxygen atoms in total. The minimum absolute atomic E-state index is 0.734. The lowest BCUT2D eigenvalue weighted by Gasteiger charge is -2.11. The van der Waals surface area contributed by atoms with E-state index in [4.69, 9.17) is 0 Å². The van der Waals surface area contributed by atoms with Crippen LogP contribution in [0.2, 0.25) is 0 Å². The second-order valence-electron chi connectivity index (χ2n) is 3.69. The van der Waals surface area contributed by atoms with Crippen LogP contribution < -0.4 is 0 Å². The Balaban J connectivity index is 2.63. The zero-order valence-electron chi connectivity index (χ0n) is 9.42. The van der Waals surface area contributed by atoms with E-state index in [0.29, 0.717) is 0 Å². The summed E-state index contributed by atoms with van der Waals surface area (Å²) in [6, 6.07) is 2.23. The monoisotopic (exact) mass is 208 g/mol. The minimum Gasteiger partial charge on any atom is -0.148 e. The van der Waals surface area contributed by atoms with Crippen LogP contribution in [0.5, 0.6) is 0 Å². The summed E-state index contributed by atoms with van der Waals surface area (Å²) >= 11 is 1.91. The molecule has 1 atom stereocenters. The lowest BCUT2D eigenvalue weighted by Crippen LogP contribution is -1.94. The highest BCUT2D eigenvalue weighted by Crippen LogP contribution is 2.30. The summed E-state index contributed by atoms with van der Waals surface area (Å²) in [5, 5.41) is 2.21. The van der Waals surface area contributed by atoms with Gasteiger partial charge in [0, 0.05) is 4.88 Å². The van der Waals surface area contributed by atoms with Gasteiger partial charge in [-0.05, 0) is 49.1 Å². The maximum Gasteiger partial charge on any atom is 0.0108 e. The van der Waals surface area contributed by atoms with Gasteiger partial charge in [0.05, 0.1) is 0 Å². The molecule has 0 N–H and O–H groups in total. The molecular formula is C13H20S. The zero-order valence-corrected chi connectivity index (χ0v) is 10.2. The Morgan fingerprint density at radius 1 is 1.36 bits per heavy atom. The van der Waals surface area contributed by atoms with E-state index in [2.05, 4.69) is 44.4 Å². The van der Waals surface area contributed by atoms with Gasteiger partial charge in [0.1, 0.15) is 0 Å². The topological polar surface area (TPSA) is 0 Å². The van der Waals surface area contributed by atoms with E-state index in [1.165, 1.54) is 18.4 Å². The van der Waals surface area contributed by atoms with Crippen molar-refractivity contribution in [2.75, 3.05) is 0 Å². The van der Waals surface area contributed by atoms with Crippen molar-refractivity contribution in [2.45, 2.75) is 46.0 Å². The molecule has 1 heterocycles. The van der Waals surface area contributed by atoms with Gasteiger partial charge in [0.25, 0.3) is 0 Å². The fourth-order valence-electron chi connectivity index (χ4n) is 1.69. The van der Waals surface area contributed by atoms with Crippen molar-refractivity contribution in [3.63, 3.8) is 0 Å². The predicted molar refractivity (Wildman–Crippen MR) is 66.1 cm³/mol. The summed E-state index contributed by atoms with van der Waals surface area (Å²) in [4.78, 5) is 1.58. The molecule has 1 rings (SSSR count). The SMILES string of the molecule is CC/C=C\CC(CC)c1sccc1C. The number of allylic oxidation sites excluding steroid dienone is 2. The van der Waals surface area contributed by atoms with Crippen molar-refractivity contribution in [3.8, 4) is 0 Å². The molecule has 0 bridgehead atoms. The van der Waals surface area contributed by atoms with Gasteiger partial charge >= 0.3 is 0 Å². The quantitative estimate of drug-likeness (QED) is 0.603. The van der Waals surface area contributed by atoms with Gasteiger partial charge in [0.2, 0.25) is 0 Å². The molecule has 0 spiro atoms. The van der Waals surface area contributed by atoms with Crippen LogP contribution >= 0.6 is 11.3 Å². The van der Waals surface area contributed by atoms with Gasteiger partial charge < -0.3 is 0 Å². The Morgan fingerprint density at radius 2 is 2.14 bits per heavy atom. The number of aryl methyl sites for hydroxylation is 1. The standard InChI is InChI=1S/C13H20S/c1-4-6-7-8-12(5-2)13-11(3)9-10-14-13/h6-7,9-10,12H,4-5,8H2,1-3H3/b7-6-. The Hall–Kier alpha value is -0.560. The first kappa shape index (κ1) is 11.5. The fraction of sp³-hybridized carbons (Fsp3) is 0.538. The molecule has 0 saturated carbocycles. The van der Waals surface area contributed by atoms with Crippen molar-refractivity contribution in [3.05, 3.63) is 34.0 Å². The number of rotatable bonds is 5. The first-order valence-corrected chi connectivity index (χ1v) is 6.36. The van der Waals surface area contributed by atoms with Crippen LogP contribution in [0, 0.1) is 6.92 Å². The molecule has 0 aromatic carbocycles. The second kappa shape index (κ2) is 6.02. The van der Waals surface area contributed by atoms with E-state index in [1.807, 2.05) is 11.3 Å². The number of hydrogen-bond acceptors (Lipinski definition) is 1. The van der Waals surface area contributed by atoms with Gasteiger partial charge in [-0.1, -0.05) is 26.0 Å². The summed E-state index contributed by atoms with van der Waals surface area (Å²) in [6.45, 7) is 6.69. The van der Waals surface area contributed by atoms with Gasteiger partial charge in [0.15, 0.2) is 0 Å². The van der Waals surface area contributed by atoms with Crippen LogP contribution in [0.3, 0.4) is 0 Å². The molecule has 1 unspecified atom stereocenters. The Labute approximate surface area is 91.7 Å². The number of thiophene rings is 1. The fourth-order valence-corrected chi connectivity index (χ4v) is 2.82. The Morgan fingerprint density at radius 3 is 2.64 bits per heavy atom. The van der Waals surface area contributed by atoms with Crippen LogP contribution in [-0.2, 0) is 0 Å². The summed E-state index contributed by atoms with van der Waals surface area (Å²) in [6.07, 6.45) is 8.19. The predicted octanol–water partition coefficient (Wildman–Crippen LogP) is 4.91. The average molecular weight is 208 g/mol. The molecule has 0 aliphatic carbocycles. The van der Waals surface area contributed by atoms with Crippen molar-refractivity contribution in [2.24, 2.45) is 0 Å². The molecule has 0 aliphatic rings. The van der Waals surface area contributed by atoms with Crippen LogP contribution in [-0.4, -0.2) is 0 Å². The average Bonchev–Trinajstić information content (AvgIpc) is 2.60. The highest BCUT2D eigenvalue weighted by Gasteiger charge is 2.11. The summed E-state index contributed by atoms with van der Waals surface area (Å²) in [5.74, 6) is 0.734. The first-order valence-electron chi connectivity index (χ1n) is 5.48. The minimum atomic E-state index is 0.734. The molecule has 14 heavy (non-hydrogen) atoms. The number of hydrogen-bond donors (Lipinski definition) is 0. The molecule has 0 aliphatic heterocycles. The zero-order chi connectivity index (χ0) is 10.4. The van der Waals surface area contributed by atoms with Gasteiger partial charge in [-0.2, -0.15) is 0 Å². The molecule has 78 valence electrons. The third kappa shape index (κ3) is 2.98. The lowest BCUT2D eigenvalue weighted by molar-refractivity contribution is 0.682. The van der Waals surface area contributed by atoms with Crippen molar-refractivity contribution in [1.29, 1.82) is 0 Å². The van der Waals surface area contributed by atoms with E-state index in [9.17, 15) is 0 Å². The van der Waals surface area contributed by atoms with Crippen molar-refractivity contribution in [1.82, 2.24) is 0 Å². The van der Waals surface area contributed by atoms with E-state index < -0.39 is 0 Å². The van der Waals surface area contributed by atoms with Crippen molar-refractivity contribution >= 4 is 11.3 Å². The van der Waals surface area contributed by atoms with Crippen LogP contribution in [0.1, 0.15) is 49.5 Å². The molecule has 0 amide bonds. The molecule has 0 radical (unpaired) electrons. The molecule has 0 fully saturated rings. The van der Waals surface area contributed by atoms with Crippen LogP contribution in [0.25, 0.3) is 0 Å². The first-order chi connectivity index (χ1) is 6.79. The van der Waals surface area contributed by atoms with E-state index in [1.54, 1.807) is 4.88 Å². The molecule has 1 heteroatoms. The van der Waals surface area contributed by atoms with Crippen LogP contribution in [0.15, 0.2) is 23.6 Å². The summed E-state index contributed by atoms with van der Waals surface area (Å²) in [5.41, 5.74) is 1.46. The third-order valence-electron chi connectivity index (χ3n) is 2.59. The van der Waals surface area contributed by atoms with Gasteiger partial charge in [-0.3, -0.25) is 0 Å². The highest BCUT2D eigenvalue weighted by molar-refractivity contribution is 7.10. The van der Waals surface area contributed by atoms with E-state index >= 15 is 0 Å². The normalized spacial score (nSPS) is 13.6. The van der Waals surface area contributed by atoms with E-state index in [0.717, 1.165) is 12.3 Å². The third-order valence-corrected chi connectivity index (χ3v) is 3.77. The summed E-state index contributed by atoms with van der Waals surface area (Å²) < 4.78 is 0. The van der Waals surface area contributed by atoms with Gasteiger partial charge in [-0.15, -0.1) is 11.3 Å². The van der Waals surface area contributed by atoms with Crippen LogP contribution in [0.4, 0.5) is 0 Å². The maximum absolute atomic E-state index is 2.33. The van der Waals surface area contributed by atoms with E-state index in [-0.39, 0.29) is 0 Å². The molecule has 1 aromatic heterocycles. The highest BCUT2D eigenvalue weighted by atomic mass is 32.1. The van der Waals surface area contributed by atoms with Crippen molar-refractivity contribution < 1.29 is 0 Å². The molecular weight excluding hydrogens is 188 g/mol. The maximum atomic E-state index is 2.33.